The summed E-state index contributed by atoms with van der Waals surface area (Å²) < 4.78 is 27.2. The molecular weight excluding hydrogens is 359 g/mol. The van der Waals surface area contributed by atoms with Gasteiger partial charge < -0.3 is 9.26 Å². The average Bonchev–Trinajstić information content (AvgIpc) is 3.35. The summed E-state index contributed by atoms with van der Waals surface area (Å²) in [5.74, 6) is 0.0632. The Morgan fingerprint density at radius 2 is 1.93 bits per heavy atom. The zero-order valence-corrected chi connectivity index (χ0v) is 15.2. The molecule has 0 saturated heterocycles. The molecule has 1 atom stereocenters. The van der Waals surface area contributed by atoms with E-state index in [9.17, 15) is 4.39 Å². The molecule has 2 aromatic carbocycles. The van der Waals surface area contributed by atoms with E-state index in [1.54, 1.807) is 18.2 Å². The maximum atomic E-state index is 13.9. The summed E-state index contributed by atoms with van der Waals surface area (Å²) >= 11 is 0. The van der Waals surface area contributed by atoms with Gasteiger partial charge in [-0.25, -0.2) is 4.39 Å². The van der Waals surface area contributed by atoms with Gasteiger partial charge in [0.15, 0.2) is 5.69 Å². The molecule has 1 aliphatic rings. The van der Waals surface area contributed by atoms with E-state index in [4.69, 9.17) is 9.26 Å². The number of benzene rings is 2. The first-order chi connectivity index (χ1) is 13.7. The molecule has 3 heterocycles. The number of halogens is 1. The van der Waals surface area contributed by atoms with Crippen molar-refractivity contribution in [3.05, 3.63) is 77.2 Å². The van der Waals surface area contributed by atoms with Gasteiger partial charge in [0.1, 0.15) is 11.9 Å². The van der Waals surface area contributed by atoms with Crippen LogP contribution in [0.3, 0.4) is 0 Å². The minimum atomic E-state index is -0.395. The zero-order chi connectivity index (χ0) is 19.1. The number of rotatable bonds is 3. The number of hydrogen-bond acceptors (Lipinski definition) is 5. The monoisotopic (exact) mass is 376 g/mol. The molecule has 0 aliphatic carbocycles. The summed E-state index contributed by atoms with van der Waals surface area (Å²) in [6.07, 6.45) is -0.0579. The van der Waals surface area contributed by atoms with Crippen molar-refractivity contribution in [1.29, 1.82) is 0 Å². The van der Waals surface area contributed by atoms with Crippen LogP contribution < -0.4 is 0 Å². The first-order valence-electron chi connectivity index (χ1n) is 9.01. The number of aryl methyl sites for hydroxylation is 1. The summed E-state index contributed by atoms with van der Waals surface area (Å²) in [7, 11) is 0. The Bertz CT molecular complexity index is 1130. The van der Waals surface area contributed by atoms with Crippen molar-refractivity contribution in [3.63, 3.8) is 0 Å². The Labute approximate surface area is 160 Å². The Kier molecular flexibility index (Phi) is 4.02. The third kappa shape index (κ3) is 2.99. The van der Waals surface area contributed by atoms with Crippen molar-refractivity contribution in [1.82, 2.24) is 19.9 Å². The largest absolute Gasteiger partial charge is 0.365 e. The molecule has 0 unspecified atom stereocenters. The van der Waals surface area contributed by atoms with Crippen LogP contribution >= 0.6 is 0 Å². The molecule has 0 N–H and O–H groups in total. The van der Waals surface area contributed by atoms with Crippen LogP contribution in [0.2, 0.25) is 0 Å². The topological polar surface area (TPSA) is 66.0 Å². The molecule has 0 amide bonds. The minimum Gasteiger partial charge on any atom is -0.365 e. The molecule has 0 spiro atoms. The van der Waals surface area contributed by atoms with Crippen LogP contribution in [0.4, 0.5) is 4.39 Å². The lowest BCUT2D eigenvalue weighted by Gasteiger charge is -2.24. The molecule has 4 aromatic rings. The molecule has 5 rings (SSSR count). The van der Waals surface area contributed by atoms with Crippen LogP contribution in [-0.4, -0.2) is 19.9 Å². The van der Waals surface area contributed by atoms with Crippen LogP contribution in [0.5, 0.6) is 0 Å². The highest BCUT2D eigenvalue weighted by molar-refractivity contribution is 5.58. The van der Waals surface area contributed by atoms with E-state index in [1.165, 1.54) is 11.6 Å². The fraction of sp³-hybridized carbons (Fsp3) is 0.190. The van der Waals surface area contributed by atoms with Crippen molar-refractivity contribution >= 4 is 0 Å². The quantitative estimate of drug-likeness (QED) is 0.533. The van der Waals surface area contributed by atoms with Gasteiger partial charge in [0, 0.05) is 0 Å². The average molecular weight is 376 g/mol. The highest BCUT2D eigenvalue weighted by Gasteiger charge is 2.24. The van der Waals surface area contributed by atoms with Crippen LogP contribution in [0.15, 0.2) is 59.1 Å². The Morgan fingerprint density at radius 3 is 2.75 bits per heavy atom. The summed E-state index contributed by atoms with van der Waals surface area (Å²) in [4.78, 5) is 4.31. The lowest BCUT2D eigenvalue weighted by atomic mass is 10.1. The van der Waals surface area contributed by atoms with E-state index in [0.29, 0.717) is 24.4 Å². The summed E-state index contributed by atoms with van der Waals surface area (Å²) in [5.41, 5.74) is 4.11. The van der Waals surface area contributed by atoms with Gasteiger partial charge in [0.25, 0.3) is 5.89 Å². The number of ether oxygens (including phenoxy) is 1. The minimum absolute atomic E-state index is 0.0579. The van der Waals surface area contributed by atoms with E-state index >= 15 is 0 Å². The molecule has 0 saturated carbocycles. The highest BCUT2D eigenvalue weighted by atomic mass is 19.1. The van der Waals surface area contributed by atoms with Gasteiger partial charge in [-0.15, -0.1) is 0 Å². The standard InChI is InChI=1S/C21H17FN4O2/c1-13-6-8-14(9-7-13)19-11-26-15(12-27-19)10-18(24-26)21-23-20(25-28-21)16-4-2-3-5-17(16)22/h2-10,19H,11-12H2,1H3/t19-/m0/s1. The highest BCUT2D eigenvalue weighted by Crippen LogP contribution is 2.29. The van der Waals surface area contributed by atoms with Gasteiger partial charge in [-0.05, 0) is 30.7 Å². The molecule has 6 nitrogen and oxygen atoms in total. The smallest absolute Gasteiger partial charge is 0.278 e. The molecule has 2 aromatic heterocycles. The SMILES string of the molecule is Cc1ccc([C@@H]2Cn3nc(-c4nc(-c5ccccc5F)no4)cc3CO2)cc1. The third-order valence-electron chi connectivity index (χ3n) is 4.84. The number of aromatic nitrogens is 4. The predicted octanol–water partition coefficient (Wildman–Crippen LogP) is 4.32. The molecular formula is C21H17FN4O2. The second-order valence-corrected chi connectivity index (χ2v) is 6.82. The van der Waals surface area contributed by atoms with Crippen molar-refractivity contribution in [2.75, 3.05) is 0 Å². The van der Waals surface area contributed by atoms with Crippen molar-refractivity contribution in [3.8, 4) is 23.0 Å². The van der Waals surface area contributed by atoms with E-state index in [0.717, 1.165) is 11.3 Å². The number of nitrogens with zero attached hydrogens (tertiary/aromatic N) is 4. The Morgan fingerprint density at radius 1 is 1.11 bits per heavy atom. The van der Waals surface area contributed by atoms with Gasteiger partial charge in [-0.2, -0.15) is 10.1 Å². The molecule has 7 heteroatoms. The second-order valence-electron chi connectivity index (χ2n) is 6.82. The molecule has 1 aliphatic heterocycles. The predicted molar refractivity (Wildman–Crippen MR) is 99.6 cm³/mol. The Hall–Kier alpha value is -3.32. The Balaban J connectivity index is 1.41. The summed E-state index contributed by atoms with van der Waals surface area (Å²) in [5, 5.41) is 8.48. The molecule has 0 bridgehead atoms. The lowest BCUT2D eigenvalue weighted by molar-refractivity contribution is -0.00113. The van der Waals surface area contributed by atoms with Gasteiger partial charge in [-0.1, -0.05) is 47.1 Å². The van der Waals surface area contributed by atoms with Gasteiger partial charge in [-0.3, -0.25) is 4.68 Å². The number of fused-ring (bicyclic) bond motifs is 1. The summed E-state index contributed by atoms with van der Waals surface area (Å²) in [6.45, 7) is 3.11. The van der Waals surface area contributed by atoms with Crippen molar-refractivity contribution < 1.29 is 13.7 Å². The molecule has 140 valence electrons. The maximum Gasteiger partial charge on any atom is 0.278 e. The fourth-order valence-electron chi connectivity index (χ4n) is 3.29. The second kappa shape index (κ2) is 6.69. The van der Waals surface area contributed by atoms with Crippen LogP contribution in [0, 0.1) is 12.7 Å². The summed E-state index contributed by atoms with van der Waals surface area (Å²) in [6, 6.07) is 16.5. The van der Waals surface area contributed by atoms with Crippen LogP contribution in [0.25, 0.3) is 23.0 Å². The lowest BCUT2D eigenvalue weighted by Crippen LogP contribution is -2.21. The van der Waals surface area contributed by atoms with Gasteiger partial charge in [0.2, 0.25) is 5.82 Å². The number of hydrogen-bond donors (Lipinski definition) is 0. The zero-order valence-electron chi connectivity index (χ0n) is 15.2. The van der Waals surface area contributed by atoms with Crippen LogP contribution in [0.1, 0.15) is 22.9 Å². The van der Waals surface area contributed by atoms with E-state index < -0.39 is 5.82 Å². The van der Waals surface area contributed by atoms with Crippen LogP contribution in [-0.2, 0) is 17.9 Å². The van der Waals surface area contributed by atoms with E-state index in [-0.39, 0.29) is 17.8 Å². The van der Waals surface area contributed by atoms with E-state index in [1.807, 2.05) is 10.7 Å². The first-order valence-corrected chi connectivity index (χ1v) is 9.01. The van der Waals surface area contributed by atoms with Gasteiger partial charge in [0.05, 0.1) is 24.4 Å². The molecule has 0 fully saturated rings. The first kappa shape index (κ1) is 16.8. The molecule has 28 heavy (non-hydrogen) atoms. The fourth-order valence-corrected chi connectivity index (χ4v) is 3.29. The van der Waals surface area contributed by atoms with E-state index in [2.05, 4.69) is 46.4 Å². The normalized spacial score (nSPS) is 16.1. The molecule has 0 radical (unpaired) electrons. The maximum absolute atomic E-state index is 13.9. The third-order valence-corrected chi connectivity index (χ3v) is 4.84. The van der Waals surface area contributed by atoms with Crippen molar-refractivity contribution in [2.24, 2.45) is 0 Å². The van der Waals surface area contributed by atoms with Crippen molar-refractivity contribution in [2.45, 2.75) is 26.2 Å². The van der Waals surface area contributed by atoms with Gasteiger partial charge >= 0.3 is 0 Å².